The fourth-order valence-corrected chi connectivity index (χ4v) is 3.34. The van der Waals surface area contributed by atoms with Crippen LogP contribution in [0.1, 0.15) is 17.1 Å². The summed E-state index contributed by atoms with van der Waals surface area (Å²) < 4.78 is 13.2. The number of hydrogen-bond donors (Lipinski definition) is 1. The van der Waals surface area contributed by atoms with Gasteiger partial charge in [0.2, 0.25) is 0 Å². The highest BCUT2D eigenvalue weighted by Gasteiger charge is 2.14. The second-order valence-corrected chi connectivity index (χ2v) is 6.87. The van der Waals surface area contributed by atoms with Crippen LogP contribution >= 0.6 is 0 Å². The van der Waals surface area contributed by atoms with Gasteiger partial charge in [-0.05, 0) is 32.0 Å². The highest BCUT2D eigenvalue weighted by Crippen LogP contribution is 2.30. The Morgan fingerprint density at radius 3 is 2.35 bits per heavy atom. The topological polar surface area (TPSA) is 103 Å². The van der Waals surface area contributed by atoms with Crippen LogP contribution in [0.15, 0.2) is 57.2 Å². The highest BCUT2D eigenvalue weighted by atomic mass is 16.5. The van der Waals surface area contributed by atoms with Crippen LogP contribution in [0.2, 0.25) is 0 Å². The van der Waals surface area contributed by atoms with E-state index in [0.717, 1.165) is 4.68 Å². The number of aryl methyl sites for hydroxylation is 2. The van der Waals surface area contributed by atoms with Crippen molar-refractivity contribution in [3.05, 3.63) is 80.3 Å². The maximum atomic E-state index is 13.1. The maximum Gasteiger partial charge on any atom is 0.282 e. The Bertz CT molecular complexity index is 1410. The van der Waals surface area contributed by atoms with Gasteiger partial charge in [0.15, 0.2) is 11.5 Å². The van der Waals surface area contributed by atoms with Gasteiger partial charge >= 0.3 is 0 Å². The number of nitrogens with one attached hydrogen (secondary N) is 1. The zero-order valence-corrected chi connectivity index (χ0v) is 17.5. The minimum Gasteiger partial charge on any atom is -0.493 e. The normalized spacial score (nSPS) is 11.4. The summed E-state index contributed by atoms with van der Waals surface area (Å²) in [6.45, 7) is 3.44. The summed E-state index contributed by atoms with van der Waals surface area (Å²) in [5, 5.41) is 7.62. The van der Waals surface area contributed by atoms with E-state index in [1.165, 1.54) is 25.1 Å². The van der Waals surface area contributed by atoms with Crippen LogP contribution in [-0.2, 0) is 0 Å². The number of hydrogen-bond acceptors (Lipinski definition) is 6. The number of rotatable bonds is 5. The van der Waals surface area contributed by atoms with Crippen molar-refractivity contribution in [1.82, 2.24) is 19.4 Å². The molecule has 0 saturated heterocycles. The largest absolute Gasteiger partial charge is 0.493 e. The van der Waals surface area contributed by atoms with Gasteiger partial charge in [0.25, 0.3) is 11.1 Å². The van der Waals surface area contributed by atoms with E-state index in [-0.39, 0.29) is 11.1 Å². The van der Waals surface area contributed by atoms with Crippen LogP contribution in [0.25, 0.3) is 16.6 Å². The summed E-state index contributed by atoms with van der Waals surface area (Å²) in [6.07, 6.45) is 1.37. The van der Waals surface area contributed by atoms with Gasteiger partial charge in [-0.1, -0.05) is 18.2 Å². The molecule has 2 aromatic heterocycles. The molecule has 0 aliphatic rings. The standard InChI is InChI=1S/C22H21N5O4/c1-13-17(22(29)27(25-13)15-8-6-5-7-9-15)12-23-26-14(2)24-18-11-20(31-4)19(30-3)10-16(18)21(26)28/h5-12,25H,1-4H3/b23-12+. The van der Waals surface area contributed by atoms with Crippen LogP contribution in [0.5, 0.6) is 11.5 Å². The van der Waals surface area contributed by atoms with Crippen LogP contribution < -0.4 is 20.6 Å². The molecule has 0 amide bonds. The molecule has 0 radical (unpaired) electrons. The second kappa shape index (κ2) is 7.94. The molecule has 9 heteroatoms. The Balaban J connectivity index is 1.81. The first-order valence-corrected chi connectivity index (χ1v) is 9.51. The predicted molar refractivity (Wildman–Crippen MR) is 118 cm³/mol. The first-order chi connectivity index (χ1) is 14.9. The highest BCUT2D eigenvalue weighted by molar-refractivity contribution is 5.83. The zero-order valence-electron chi connectivity index (χ0n) is 17.5. The van der Waals surface area contributed by atoms with Gasteiger partial charge in [0.05, 0.1) is 42.6 Å². The van der Waals surface area contributed by atoms with Crippen LogP contribution in [-0.4, -0.2) is 39.9 Å². The lowest BCUT2D eigenvalue weighted by molar-refractivity contribution is 0.355. The first kappa shape index (κ1) is 20.1. The molecule has 0 aliphatic heterocycles. The Labute approximate surface area is 177 Å². The van der Waals surface area contributed by atoms with Crippen molar-refractivity contribution in [3.8, 4) is 17.2 Å². The molecule has 158 valence electrons. The van der Waals surface area contributed by atoms with Crippen LogP contribution in [0, 0.1) is 13.8 Å². The minimum atomic E-state index is -0.378. The molecule has 0 atom stereocenters. The molecule has 1 N–H and O–H groups in total. The maximum absolute atomic E-state index is 13.1. The number of para-hydroxylation sites is 1. The molecule has 4 rings (SSSR count). The molecule has 0 spiro atoms. The van der Waals surface area contributed by atoms with Crippen molar-refractivity contribution in [2.75, 3.05) is 14.2 Å². The van der Waals surface area contributed by atoms with Crippen molar-refractivity contribution >= 4 is 17.1 Å². The number of aromatic nitrogens is 4. The Kier molecular flexibility index (Phi) is 5.16. The molecule has 2 aromatic carbocycles. The fraction of sp³-hybridized carbons (Fsp3) is 0.182. The lowest BCUT2D eigenvalue weighted by atomic mass is 10.2. The third-order valence-electron chi connectivity index (χ3n) is 4.95. The number of benzene rings is 2. The van der Waals surface area contributed by atoms with Gasteiger partial charge in [-0.3, -0.25) is 14.7 Å². The fourth-order valence-electron chi connectivity index (χ4n) is 3.34. The monoisotopic (exact) mass is 419 g/mol. The summed E-state index contributed by atoms with van der Waals surface area (Å²) in [5.74, 6) is 1.27. The summed E-state index contributed by atoms with van der Waals surface area (Å²) >= 11 is 0. The van der Waals surface area contributed by atoms with Crippen molar-refractivity contribution in [1.29, 1.82) is 0 Å². The molecule has 2 heterocycles. The van der Waals surface area contributed by atoms with Gasteiger partial charge in [-0.15, -0.1) is 0 Å². The summed E-state index contributed by atoms with van der Waals surface area (Å²) in [7, 11) is 3.01. The first-order valence-electron chi connectivity index (χ1n) is 9.51. The third-order valence-corrected chi connectivity index (χ3v) is 4.95. The summed E-state index contributed by atoms with van der Waals surface area (Å²) in [4.78, 5) is 30.4. The summed E-state index contributed by atoms with van der Waals surface area (Å²) in [6, 6.07) is 12.4. The predicted octanol–water partition coefficient (Wildman–Crippen LogP) is 2.39. The smallest absolute Gasteiger partial charge is 0.282 e. The minimum absolute atomic E-state index is 0.265. The average Bonchev–Trinajstić information content (AvgIpc) is 3.07. The van der Waals surface area contributed by atoms with Crippen LogP contribution in [0.3, 0.4) is 0 Å². The lowest BCUT2D eigenvalue weighted by Crippen LogP contribution is -2.22. The number of fused-ring (bicyclic) bond motifs is 1. The van der Waals surface area contributed by atoms with E-state index in [2.05, 4.69) is 15.2 Å². The Hall–Kier alpha value is -4.14. The third kappa shape index (κ3) is 3.50. The van der Waals surface area contributed by atoms with E-state index in [1.807, 2.05) is 30.3 Å². The SMILES string of the molecule is COc1cc2nc(C)n(/N=C/c3c(C)[nH]n(-c4ccccc4)c3=O)c(=O)c2cc1OC. The Morgan fingerprint density at radius 2 is 1.68 bits per heavy atom. The molecule has 0 unspecified atom stereocenters. The van der Waals surface area contributed by atoms with E-state index in [9.17, 15) is 9.59 Å². The molecular weight excluding hydrogens is 398 g/mol. The van der Waals surface area contributed by atoms with Crippen molar-refractivity contribution in [3.63, 3.8) is 0 Å². The van der Waals surface area contributed by atoms with Crippen LogP contribution in [0.4, 0.5) is 0 Å². The number of aromatic amines is 1. The van der Waals surface area contributed by atoms with Crippen molar-refractivity contribution in [2.24, 2.45) is 5.10 Å². The molecule has 4 aromatic rings. The Morgan fingerprint density at radius 1 is 1.00 bits per heavy atom. The number of nitrogens with zero attached hydrogens (tertiary/aromatic N) is 4. The molecule has 0 bridgehead atoms. The van der Waals surface area contributed by atoms with Gasteiger partial charge in [0, 0.05) is 11.8 Å². The van der Waals surface area contributed by atoms with Gasteiger partial charge in [0.1, 0.15) is 5.82 Å². The van der Waals surface area contributed by atoms with Gasteiger partial charge in [-0.2, -0.15) is 9.78 Å². The van der Waals surface area contributed by atoms with Crippen molar-refractivity contribution < 1.29 is 9.47 Å². The quantitative estimate of drug-likeness (QED) is 0.500. The molecule has 31 heavy (non-hydrogen) atoms. The van der Waals surface area contributed by atoms with E-state index in [1.54, 1.807) is 26.0 Å². The average molecular weight is 419 g/mol. The molecule has 9 nitrogen and oxygen atoms in total. The summed E-state index contributed by atoms with van der Waals surface area (Å²) in [5.41, 5.74) is 1.51. The van der Waals surface area contributed by atoms with E-state index in [0.29, 0.717) is 45.2 Å². The lowest BCUT2D eigenvalue weighted by Gasteiger charge is -2.10. The van der Waals surface area contributed by atoms with Gasteiger partial charge in [-0.25, -0.2) is 9.67 Å². The molecule has 0 aliphatic carbocycles. The number of ether oxygens (including phenoxy) is 2. The van der Waals surface area contributed by atoms with E-state index >= 15 is 0 Å². The molecular formula is C22H21N5O4. The molecule has 0 saturated carbocycles. The van der Waals surface area contributed by atoms with Gasteiger partial charge < -0.3 is 9.47 Å². The van der Waals surface area contributed by atoms with E-state index < -0.39 is 0 Å². The second-order valence-electron chi connectivity index (χ2n) is 6.87. The number of H-pyrrole nitrogens is 1. The van der Waals surface area contributed by atoms with Crippen molar-refractivity contribution in [2.45, 2.75) is 13.8 Å². The van der Waals surface area contributed by atoms with E-state index in [4.69, 9.17) is 9.47 Å². The molecule has 0 fully saturated rings. The number of methoxy groups -OCH3 is 2. The zero-order chi connectivity index (χ0) is 22.1.